The van der Waals surface area contributed by atoms with Crippen molar-refractivity contribution in [3.63, 3.8) is 0 Å². The maximum Gasteiger partial charge on any atom is 0.0149 e. The number of hydrogen-bond donors (Lipinski definition) is 1. The molecule has 18 heavy (non-hydrogen) atoms. The first-order chi connectivity index (χ1) is 8.63. The Balaban J connectivity index is 1.95. The summed E-state index contributed by atoms with van der Waals surface area (Å²) in [5, 5.41) is 5.08. The molecule has 1 N–H and O–H groups in total. The molecule has 1 saturated carbocycles. The lowest BCUT2D eigenvalue weighted by atomic mass is 9.73. The van der Waals surface area contributed by atoms with Crippen LogP contribution in [0.25, 0.3) is 0 Å². The van der Waals surface area contributed by atoms with Crippen molar-refractivity contribution in [1.29, 1.82) is 0 Å². The average molecular weight is 270 g/mol. The number of thioether (sulfide) groups is 1. The molecule has 2 aliphatic rings. The van der Waals surface area contributed by atoms with Crippen LogP contribution < -0.4 is 5.32 Å². The van der Waals surface area contributed by atoms with E-state index < -0.39 is 0 Å². The van der Waals surface area contributed by atoms with Crippen LogP contribution in [0.1, 0.15) is 46.0 Å². The van der Waals surface area contributed by atoms with Crippen molar-refractivity contribution < 1.29 is 0 Å². The lowest BCUT2D eigenvalue weighted by Crippen LogP contribution is -2.49. The van der Waals surface area contributed by atoms with Crippen LogP contribution in [0.2, 0.25) is 0 Å². The van der Waals surface area contributed by atoms with E-state index in [4.69, 9.17) is 0 Å². The van der Waals surface area contributed by atoms with Gasteiger partial charge in [-0.05, 0) is 25.3 Å². The Morgan fingerprint density at radius 3 is 2.28 bits per heavy atom. The average Bonchev–Trinajstić information content (AvgIpc) is 2.28. The molecule has 0 aromatic rings. The van der Waals surface area contributed by atoms with Crippen LogP contribution in [0, 0.1) is 5.41 Å². The zero-order chi connectivity index (χ0) is 13.0. The molecule has 0 bridgehead atoms. The maximum absolute atomic E-state index is 3.46. The number of nitrogens with zero attached hydrogens (tertiary/aromatic N) is 1. The lowest BCUT2D eigenvalue weighted by Gasteiger charge is -2.44. The summed E-state index contributed by atoms with van der Waals surface area (Å²) >= 11 is 2.16. The highest BCUT2D eigenvalue weighted by molar-refractivity contribution is 8.00. The van der Waals surface area contributed by atoms with E-state index in [9.17, 15) is 0 Å². The minimum Gasteiger partial charge on any atom is -0.319 e. The normalized spacial score (nSPS) is 33.5. The quantitative estimate of drug-likeness (QED) is 0.845. The second-order valence-electron chi connectivity index (χ2n) is 6.54. The molecule has 0 aromatic heterocycles. The summed E-state index contributed by atoms with van der Waals surface area (Å²) in [7, 11) is 2.12. The van der Waals surface area contributed by atoms with Crippen LogP contribution in [0.15, 0.2) is 0 Å². The fourth-order valence-electron chi connectivity index (χ4n) is 3.96. The van der Waals surface area contributed by atoms with Crippen molar-refractivity contribution >= 4 is 11.8 Å². The fraction of sp³-hybridized carbons (Fsp3) is 1.00. The van der Waals surface area contributed by atoms with E-state index in [0.717, 1.165) is 10.5 Å². The summed E-state index contributed by atoms with van der Waals surface area (Å²) in [6.45, 7) is 9.89. The van der Waals surface area contributed by atoms with Crippen molar-refractivity contribution in [3.8, 4) is 0 Å². The number of hydrogen-bond acceptors (Lipinski definition) is 3. The summed E-state index contributed by atoms with van der Waals surface area (Å²) in [5.41, 5.74) is 0.564. The first-order valence-corrected chi connectivity index (χ1v) is 8.60. The Kier molecular flexibility index (Phi) is 5.40. The van der Waals surface area contributed by atoms with Gasteiger partial charge in [0.15, 0.2) is 0 Å². The van der Waals surface area contributed by atoms with Gasteiger partial charge in [-0.2, -0.15) is 11.8 Å². The number of nitrogens with one attached hydrogen (secondary N) is 1. The highest BCUT2D eigenvalue weighted by Gasteiger charge is 2.35. The molecular weight excluding hydrogens is 240 g/mol. The smallest absolute Gasteiger partial charge is 0.0149 e. The maximum atomic E-state index is 3.46. The Bertz CT molecular complexity index is 235. The zero-order valence-electron chi connectivity index (χ0n) is 12.4. The second-order valence-corrected chi connectivity index (χ2v) is 8.42. The van der Waals surface area contributed by atoms with Gasteiger partial charge in [-0.3, -0.25) is 0 Å². The number of rotatable bonds is 4. The van der Waals surface area contributed by atoms with E-state index in [-0.39, 0.29) is 0 Å². The van der Waals surface area contributed by atoms with Gasteiger partial charge in [-0.1, -0.05) is 33.1 Å². The van der Waals surface area contributed by atoms with Gasteiger partial charge in [-0.25, -0.2) is 0 Å². The molecule has 0 amide bonds. The summed E-state index contributed by atoms with van der Waals surface area (Å²) in [6, 6.07) is 0. The van der Waals surface area contributed by atoms with Gasteiger partial charge >= 0.3 is 0 Å². The largest absolute Gasteiger partial charge is 0.319 e. The Labute approximate surface area is 117 Å². The summed E-state index contributed by atoms with van der Waals surface area (Å²) < 4.78 is 0. The molecule has 2 rings (SSSR count). The second kappa shape index (κ2) is 6.62. The molecule has 1 heterocycles. The van der Waals surface area contributed by atoms with E-state index in [1.54, 1.807) is 0 Å². The predicted octanol–water partition coefficient (Wildman–Crippen LogP) is 2.98. The van der Waals surface area contributed by atoms with Crippen LogP contribution in [0.3, 0.4) is 0 Å². The minimum absolute atomic E-state index is 0.564. The van der Waals surface area contributed by atoms with Crippen molar-refractivity contribution in [2.45, 2.75) is 56.5 Å². The van der Waals surface area contributed by atoms with E-state index in [0.29, 0.717) is 5.41 Å². The van der Waals surface area contributed by atoms with E-state index >= 15 is 0 Å². The molecular formula is C15H30N2S. The topological polar surface area (TPSA) is 15.3 Å². The van der Waals surface area contributed by atoms with Crippen molar-refractivity contribution in [2.24, 2.45) is 5.41 Å². The van der Waals surface area contributed by atoms with Crippen molar-refractivity contribution in [3.05, 3.63) is 0 Å². The molecule has 0 spiro atoms. The van der Waals surface area contributed by atoms with Crippen LogP contribution in [-0.2, 0) is 0 Å². The Hall–Kier alpha value is 0.270. The van der Waals surface area contributed by atoms with E-state index in [1.165, 1.54) is 58.3 Å². The van der Waals surface area contributed by atoms with E-state index in [1.807, 2.05) is 0 Å². The molecule has 2 atom stereocenters. The SMILES string of the molecule is CNCC1(CN2CC(C)SC(C)C2)CCCCC1. The minimum atomic E-state index is 0.564. The molecule has 2 nitrogen and oxygen atoms in total. The van der Waals surface area contributed by atoms with Gasteiger partial charge in [0.25, 0.3) is 0 Å². The van der Waals surface area contributed by atoms with Crippen molar-refractivity contribution in [2.75, 3.05) is 33.2 Å². The molecule has 2 fully saturated rings. The zero-order valence-corrected chi connectivity index (χ0v) is 13.2. The molecule has 0 radical (unpaired) electrons. The Morgan fingerprint density at radius 2 is 1.72 bits per heavy atom. The van der Waals surface area contributed by atoms with Crippen LogP contribution >= 0.6 is 11.8 Å². The molecule has 0 aromatic carbocycles. The molecule has 2 unspecified atom stereocenters. The summed E-state index contributed by atoms with van der Waals surface area (Å²) in [5.74, 6) is 0. The molecule has 3 heteroatoms. The summed E-state index contributed by atoms with van der Waals surface area (Å²) in [4.78, 5) is 2.74. The third kappa shape index (κ3) is 3.88. The third-order valence-corrected chi connectivity index (χ3v) is 5.75. The molecule has 1 aliphatic heterocycles. The first kappa shape index (κ1) is 14.7. The Morgan fingerprint density at radius 1 is 1.11 bits per heavy atom. The molecule has 106 valence electrons. The van der Waals surface area contributed by atoms with Crippen molar-refractivity contribution in [1.82, 2.24) is 10.2 Å². The van der Waals surface area contributed by atoms with Gasteiger partial charge in [0, 0.05) is 36.7 Å². The highest BCUT2D eigenvalue weighted by Crippen LogP contribution is 2.38. The summed E-state index contributed by atoms with van der Waals surface area (Å²) in [6.07, 6.45) is 7.19. The first-order valence-electron chi connectivity index (χ1n) is 7.66. The highest BCUT2D eigenvalue weighted by atomic mass is 32.2. The van der Waals surface area contributed by atoms with Gasteiger partial charge < -0.3 is 10.2 Å². The lowest BCUT2D eigenvalue weighted by molar-refractivity contribution is 0.103. The van der Waals surface area contributed by atoms with Gasteiger partial charge in [0.1, 0.15) is 0 Å². The fourth-order valence-corrected chi connectivity index (χ4v) is 5.34. The van der Waals surface area contributed by atoms with Gasteiger partial charge in [0.2, 0.25) is 0 Å². The van der Waals surface area contributed by atoms with Gasteiger partial charge in [-0.15, -0.1) is 0 Å². The molecule has 1 aliphatic carbocycles. The van der Waals surface area contributed by atoms with E-state index in [2.05, 4.69) is 42.9 Å². The predicted molar refractivity (Wildman–Crippen MR) is 82.4 cm³/mol. The van der Waals surface area contributed by atoms with Gasteiger partial charge in [0.05, 0.1) is 0 Å². The van der Waals surface area contributed by atoms with Crippen LogP contribution in [0.5, 0.6) is 0 Å². The molecule has 1 saturated heterocycles. The monoisotopic (exact) mass is 270 g/mol. The third-order valence-electron chi connectivity index (χ3n) is 4.52. The standard InChI is InChI=1S/C15H30N2S/c1-13-9-17(10-14(2)18-13)12-15(11-16-3)7-5-4-6-8-15/h13-14,16H,4-12H2,1-3H3. The van der Waals surface area contributed by atoms with Crippen LogP contribution in [0.4, 0.5) is 0 Å². The van der Waals surface area contributed by atoms with Crippen LogP contribution in [-0.4, -0.2) is 48.6 Å².